The first-order chi connectivity index (χ1) is 8.51. The third-order valence-corrected chi connectivity index (χ3v) is 2.93. The summed E-state index contributed by atoms with van der Waals surface area (Å²) in [5.41, 5.74) is 6.82. The molecule has 0 aliphatic carbocycles. The highest BCUT2D eigenvalue weighted by molar-refractivity contribution is 5.94. The van der Waals surface area contributed by atoms with Crippen LogP contribution in [0.3, 0.4) is 0 Å². The summed E-state index contributed by atoms with van der Waals surface area (Å²) in [5.74, 6) is -0.965. The highest BCUT2D eigenvalue weighted by Crippen LogP contribution is 2.07. The Labute approximate surface area is 109 Å². The van der Waals surface area contributed by atoms with Gasteiger partial charge in [0.15, 0.2) is 0 Å². The Morgan fingerprint density at radius 1 is 1.33 bits per heavy atom. The second kappa shape index (κ2) is 6.52. The Balaban J connectivity index is 2.73. The number of nitrogens with zero attached hydrogens (tertiary/aromatic N) is 1. The number of nitrogens with one attached hydrogen (secondary N) is 1. The first-order valence-corrected chi connectivity index (χ1v) is 6.42. The van der Waals surface area contributed by atoms with E-state index in [-0.39, 0.29) is 5.91 Å². The molecule has 3 N–H and O–H groups in total. The quantitative estimate of drug-likeness (QED) is 0.756. The van der Waals surface area contributed by atoms with Gasteiger partial charge in [0, 0.05) is 12.1 Å². The molecule has 4 heteroatoms. The van der Waals surface area contributed by atoms with Crippen LogP contribution >= 0.6 is 0 Å². The normalized spacial score (nSPS) is 14.3. The van der Waals surface area contributed by atoms with Crippen molar-refractivity contribution in [1.29, 1.82) is 0 Å². The van der Waals surface area contributed by atoms with E-state index in [2.05, 4.69) is 12.2 Å². The summed E-state index contributed by atoms with van der Waals surface area (Å²) in [6.45, 7) is 7.62. The van der Waals surface area contributed by atoms with E-state index in [4.69, 9.17) is 5.73 Å². The minimum Gasteiger partial charge on any atom is -0.322 e. The van der Waals surface area contributed by atoms with E-state index in [1.807, 2.05) is 36.9 Å². The molecule has 18 heavy (non-hydrogen) atoms. The van der Waals surface area contributed by atoms with Crippen molar-refractivity contribution in [2.24, 2.45) is 5.73 Å². The average molecular weight is 249 g/mol. The van der Waals surface area contributed by atoms with Gasteiger partial charge in [-0.25, -0.2) is 0 Å². The zero-order valence-corrected chi connectivity index (χ0v) is 11.4. The van der Waals surface area contributed by atoms with E-state index in [9.17, 15) is 4.79 Å². The lowest BCUT2D eigenvalue weighted by Crippen LogP contribution is -2.65. The Morgan fingerprint density at radius 3 is 2.44 bits per heavy atom. The number of amides is 1. The molecule has 0 radical (unpaired) electrons. The van der Waals surface area contributed by atoms with Crippen LogP contribution in [0.15, 0.2) is 30.3 Å². The fourth-order valence-electron chi connectivity index (χ4n) is 1.96. The molecule has 0 aliphatic heterocycles. The molecule has 100 valence electrons. The van der Waals surface area contributed by atoms with Crippen LogP contribution in [-0.2, 0) is 0 Å². The number of hydrogen-bond donors (Lipinski definition) is 2. The van der Waals surface area contributed by atoms with Crippen LogP contribution < -0.4 is 11.1 Å². The Bertz CT molecular complexity index is 376. The van der Waals surface area contributed by atoms with E-state index in [1.54, 1.807) is 12.1 Å². The Hall–Kier alpha value is -1.39. The van der Waals surface area contributed by atoms with Gasteiger partial charge in [0.25, 0.3) is 5.91 Å². The fourth-order valence-corrected chi connectivity index (χ4v) is 1.96. The van der Waals surface area contributed by atoms with Gasteiger partial charge in [0.1, 0.15) is 5.79 Å². The zero-order chi connectivity index (χ0) is 13.6. The average Bonchev–Trinajstić information content (AvgIpc) is 2.36. The van der Waals surface area contributed by atoms with Crippen LogP contribution in [0, 0.1) is 0 Å². The molecule has 0 heterocycles. The van der Waals surface area contributed by atoms with Crippen molar-refractivity contribution in [3.05, 3.63) is 35.9 Å². The molecular weight excluding hydrogens is 226 g/mol. The molecular formula is C14H23N3O. The van der Waals surface area contributed by atoms with E-state index in [1.165, 1.54) is 0 Å². The van der Waals surface area contributed by atoms with Crippen LogP contribution in [0.4, 0.5) is 0 Å². The van der Waals surface area contributed by atoms with Gasteiger partial charge in [-0.3, -0.25) is 15.4 Å². The maximum Gasteiger partial charge on any atom is 0.253 e. The van der Waals surface area contributed by atoms with Crippen molar-refractivity contribution in [2.75, 3.05) is 13.1 Å². The standard InChI is InChI=1S/C14H23N3O/c1-4-11-17(5-2)14(3,15)16-13(18)12-9-7-6-8-10-12/h6-10H,4-5,11,15H2,1-3H3,(H,16,18). The topological polar surface area (TPSA) is 58.4 Å². The molecule has 1 atom stereocenters. The number of carbonyl (C=O) groups is 1. The van der Waals surface area contributed by atoms with Crippen molar-refractivity contribution >= 4 is 5.91 Å². The Morgan fingerprint density at radius 2 is 1.94 bits per heavy atom. The first kappa shape index (κ1) is 14.7. The molecule has 0 bridgehead atoms. The predicted molar refractivity (Wildman–Crippen MR) is 74.0 cm³/mol. The van der Waals surface area contributed by atoms with E-state index in [0.29, 0.717) is 5.56 Å². The molecule has 0 saturated heterocycles. The number of nitrogens with two attached hydrogens (primary N) is 1. The zero-order valence-electron chi connectivity index (χ0n) is 11.4. The van der Waals surface area contributed by atoms with E-state index >= 15 is 0 Å². The smallest absolute Gasteiger partial charge is 0.253 e. The Kier molecular flexibility index (Phi) is 5.31. The lowest BCUT2D eigenvalue weighted by atomic mass is 10.2. The highest BCUT2D eigenvalue weighted by Gasteiger charge is 2.27. The van der Waals surface area contributed by atoms with Gasteiger partial charge in [0.05, 0.1) is 0 Å². The number of carbonyl (C=O) groups excluding carboxylic acids is 1. The highest BCUT2D eigenvalue weighted by atomic mass is 16.2. The molecule has 4 nitrogen and oxygen atoms in total. The summed E-state index contributed by atoms with van der Waals surface area (Å²) in [6.07, 6.45) is 1.00. The van der Waals surface area contributed by atoms with Crippen LogP contribution in [0.1, 0.15) is 37.6 Å². The van der Waals surface area contributed by atoms with Gasteiger partial charge in [-0.05, 0) is 32.0 Å². The van der Waals surface area contributed by atoms with Crippen LogP contribution in [-0.4, -0.2) is 29.7 Å². The van der Waals surface area contributed by atoms with Crippen LogP contribution in [0.5, 0.6) is 0 Å². The van der Waals surface area contributed by atoms with Crippen molar-refractivity contribution in [2.45, 2.75) is 33.0 Å². The third-order valence-electron chi connectivity index (χ3n) is 2.93. The van der Waals surface area contributed by atoms with Crippen molar-refractivity contribution in [3.63, 3.8) is 0 Å². The second-order valence-electron chi connectivity index (χ2n) is 4.55. The summed E-state index contributed by atoms with van der Waals surface area (Å²) >= 11 is 0. The monoisotopic (exact) mass is 249 g/mol. The van der Waals surface area contributed by atoms with Crippen molar-refractivity contribution in [1.82, 2.24) is 10.2 Å². The largest absolute Gasteiger partial charge is 0.322 e. The summed E-state index contributed by atoms with van der Waals surface area (Å²) in [7, 11) is 0. The van der Waals surface area contributed by atoms with Gasteiger partial charge in [0.2, 0.25) is 0 Å². The van der Waals surface area contributed by atoms with Crippen LogP contribution in [0.2, 0.25) is 0 Å². The summed E-state index contributed by atoms with van der Waals surface area (Å²) in [6, 6.07) is 9.12. The first-order valence-electron chi connectivity index (χ1n) is 6.42. The summed E-state index contributed by atoms with van der Waals surface area (Å²) < 4.78 is 0. The molecule has 0 fully saturated rings. The second-order valence-corrected chi connectivity index (χ2v) is 4.55. The predicted octanol–water partition coefficient (Wildman–Crippen LogP) is 1.78. The molecule has 1 aromatic carbocycles. The molecule has 0 aromatic heterocycles. The number of rotatable bonds is 6. The van der Waals surface area contributed by atoms with Crippen molar-refractivity contribution < 1.29 is 4.79 Å². The van der Waals surface area contributed by atoms with Gasteiger partial charge >= 0.3 is 0 Å². The lowest BCUT2D eigenvalue weighted by molar-refractivity contribution is 0.0603. The van der Waals surface area contributed by atoms with Gasteiger partial charge in [-0.2, -0.15) is 0 Å². The van der Waals surface area contributed by atoms with Crippen molar-refractivity contribution in [3.8, 4) is 0 Å². The molecule has 1 aromatic rings. The van der Waals surface area contributed by atoms with Gasteiger partial charge < -0.3 is 5.32 Å². The molecule has 1 rings (SSSR count). The maximum atomic E-state index is 12.1. The molecule has 1 amide bonds. The summed E-state index contributed by atoms with van der Waals surface area (Å²) in [4.78, 5) is 14.1. The van der Waals surface area contributed by atoms with E-state index in [0.717, 1.165) is 19.5 Å². The molecule has 1 unspecified atom stereocenters. The van der Waals surface area contributed by atoms with Gasteiger partial charge in [-0.1, -0.05) is 32.0 Å². The summed E-state index contributed by atoms with van der Waals surface area (Å²) in [5, 5.41) is 2.87. The van der Waals surface area contributed by atoms with Gasteiger partial charge in [-0.15, -0.1) is 0 Å². The molecule has 0 spiro atoms. The molecule has 0 aliphatic rings. The van der Waals surface area contributed by atoms with Crippen LogP contribution in [0.25, 0.3) is 0 Å². The van der Waals surface area contributed by atoms with E-state index < -0.39 is 5.79 Å². The SMILES string of the molecule is CCCN(CC)C(C)(N)NC(=O)c1ccccc1. The third kappa shape index (κ3) is 3.82. The fraction of sp³-hybridized carbons (Fsp3) is 0.500. The number of benzene rings is 1. The lowest BCUT2D eigenvalue weighted by Gasteiger charge is -2.37. The minimum absolute atomic E-state index is 0.143. The maximum absolute atomic E-state index is 12.1. The minimum atomic E-state index is -0.822. The molecule has 0 saturated carbocycles. The number of hydrogen-bond acceptors (Lipinski definition) is 3.